The lowest BCUT2D eigenvalue weighted by Crippen LogP contribution is -2.33. The molecule has 0 unspecified atom stereocenters. The van der Waals surface area contributed by atoms with E-state index < -0.39 is 5.41 Å². The quantitative estimate of drug-likeness (QED) is 0.774. The summed E-state index contributed by atoms with van der Waals surface area (Å²) in [5, 5.41) is 9.77. The summed E-state index contributed by atoms with van der Waals surface area (Å²) in [4.78, 5) is 12.0. The van der Waals surface area contributed by atoms with Gasteiger partial charge >= 0.3 is 0 Å². The van der Waals surface area contributed by atoms with Crippen LogP contribution in [0.15, 0.2) is 54.6 Å². The molecule has 0 bridgehead atoms. The maximum atomic E-state index is 12.0. The first-order chi connectivity index (χ1) is 9.28. The molecule has 0 heterocycles. The van der Waals surface area contributed by atoms with Gasteiger partial charge in [0.1, 0.15) is 5.41 Å². The maximum Gasteiger partial charge on any atom is 0.163 e. The van der Waals surface area contributed by atoms with Crippen LogP contribution in [0.3, 0.4) is 0 Å². The summed E-state index contributed by atoms with van der Waals surface area (Å²) in [6.07, 6.45) is 0.989. The zero-order valence-electron chi connectivity index (χ0n) is 10.5. The Morgan fingerprint density at radius 3 is 2.42 bits per heavy atom. The lowest BCUT2D eigenvalue weighted by Gasteiger charge is -2.33. The normalized spacial score (nSPS) is 21.5. The third-order valence-corrected chi connectivity index (χ3v) is 3.87. The van der Waals surface area contributed by atoms with Gasteiger partial charge in [0.15, 0.2) is 5.78 Å². The molecule has 2 aromatic rings. The van der Waals surface area contributed by atoms with Crippen LogP contribution >= 0.6 is 0 Å². The summed E-state index contributed by atoms with van der Waals surface area (Å²) in [5.74, 6) is 0.136. The van der Waals surface area contributed by atoms with Crippen molar-refractivity contribution < 1.29 is 4.79 Å². The standard InChI is InChI=1S/C17H13NO/c18-12-17(13-6-2-1-3-7-13)11-10-16(19)14-8-4-5-9-15(14)17/h1-9H,10-11H2/t17-/m1/s1. The van der Waals surface area contributed by atoms with Crippen molar-refractivity contribution in [3.63, 3.8) is 0 Å². The predicted molar refractivity (Wildman–Crippen MR) is 72.8 cm³/mol. The fourth-order valence-electron chi connectivity index (χ4n) is 2.87. The minimum absolute atomic E-state index is 0.136. The van der Waals surface area contributed by atoms with Crippen LogP contribution in [0.5, 0.6) is 0 Å². The molecule has 0 saturated carbocycles. The van der Waals surface area contributed by atoms with Crippen molar-refractivity contribution >= 4 is 5.78 Å². The number of hydrogen-bond donors (Lipinski definition) is 0. The van der Waals surface area contributed by atoms with E-state index >= 15 is 0 Å². The Hall–Kier alpha value is -2.40. The van der Waals surface area contributed by atoms with Gasteiger partial charge in [0.25, 0.3) is 0 Å². The van der Waals surface area contributed by atoms with Gasteiger partial charge in [-0.3, -0.25) is 4.79 Å². The van der Waals surface area contributed by atoms with Crippen LogP contribution in [0.2, 0.25) is 0 Å². The highest BCUT2D eigenvalue weighted by atomic mass is 16.1. The van der Waals surface area contributed by atoms with E-state index in [0.29, 0.717) is 18.4 Å². The molecule has 0 amide bonds. The number of Topliss-reactive ketones (excluding diaryl/α,β-unsaturated/α-hetero) is 1. The Balaban J connectivity index is 2.28. The third kappa shape index (κ3) is 1.67. The number of carbonyl (C=O) groups is 1. The SMILES string of the molecule is N#C[C@@]1(c2ccccc2)CCC(=O)c2ccccc21. The summed E-state index contributed by atoms with van der Waals surface area (Å²) in [6.45, 7) is 0. The Bertz CT molecular complexity index is 669. The van der Waals surface area contributed by atoms with Crippen LogP contribution in [0.1, 0.15) is 34.3 Å². The Morgan fingerprint density at radius 1 is 1.00 bits per heavy atom. The second-order valence-electron chi connectivity index (χ2n) is 4.85. The number of hydrogen-bond acceptors (Lipinski definition) is 2. The van der Waals surface area contributed by atoms with E-state index in [4.69, 9.17) is 0 Å². The van der Waals surface area contributed by atoms with Crippen LogP contribution in [0.4, 0.5) is 0 Å². The molecule has 0 radical (unpaired) electrons. The average Bonchev–Trinajstić information content (AvgIpc) is 2.49. The zero-order valence-corrected chi connectivity index (χ0v) is 10.5. The van der Waals surface area contributed by atoms with Gasteiger partial charge in [0.2, 0.25) is 0 Å². The molecule has 0 spiro atoms. The topological polar surface area (TPSA) is 40.9 Å². The molecule has 92 valence electrons. The smallest absolute Gasteiger partial charge is 0.163 e. The molecule has 3 rings (SSSR count). The van der Waals surface area contributed by atoms with Crippen molar-refractivity contribution in [2.45, 2.75) is 18.3 Å². The van der Waals surface area contributed by atoms with Crippen LogP contribution in [0.25, 0.3) is 0 Å². The number of nitriles is 1. The molecule has 2 nitrogen and oxygen atoms in total. The first kappa shape index (κ1) is 11.7. The van der Waals surface area contributed by atoms with Gasteiger partial charge in [0.05, 0.1) is 6.07 Å². The van der Waals surface area contributed by atoms with Gasteiger partial charge < -0.3 is 0 Å². The summed E-state index contributed by atoms with van der Waals surface area (Å²) in [7, 11) is 0. The van der Waals surface area contributed by atoms with Crippen molar-refractivity contribution in [3.8, 4) is 6.07 Å². The average molecular weight is 247 g/mol. The molecular weight excluding hydrogens is 234 g/mol. The zero-order chi connectivity index (χ0) is 13.3. The summed E-state index contributed by atoms with van der Waals surface area (Å²) < 4.78 is 0. The van der Waals surface area contributed by atoms with E-state index in [1.54, 1.807) is 0 Å². The van der Waals surface area contributed by atoms with E-state index in [1.807, 2.05) is 54.6 Å². The van der Waals surface area contributed by atoms with Crippen LogP contribution in [0, 0.1) is 11.3 Å². The molecule has 0 N–H and O–H groups in total. The Kier molecular flexibility index (Phi) is 2.68. The van der Waals surface area contributed by atoms with Gasteiger partial charge in [-0.15, -0.1) is 0 Å². The van der Waals surface area contributed by atoms with Crippen molar-refractivity contribution in [3.05, 3.63) is 71.3 Å². The molecule has 0 aliphatic heterocycles. The summed E-state index contributed by atoms with van der Waals surface area (Å²) >= 11 is 0. The molecular formula is C17H13NO. The lowest BCUT2D eigenvalue weighted by molar-refractivity contribution is 0.0964. The Morgan fingerprint density at radius 2 is 1.68 bits per heavy atom. The predicted octanol–water partition coefficient (Wildman–Crippen LogP) is 3.47. The van der Waals surface area contributed by atoms with Gasteiger partial charge in [-0.25, -0.2) is 0 Å². The van der Waals surface area contributed by atoms with E-state index in [0.717, 1.165) is 11.1 Å². The van der Waals surface area contributed by atoms with Gasteiger partial charge in [-0.2, -0.15) is 5.26 Å². The minimum Gasteiger partial charge on any atom is -0.294 e. The molecule has 1 aliphatic rings. The fraction of sp³-hybridized carbons (Fsp3) is 0.176. The highest BCUT2D eigenvalue weighted by Gasteiger charge is 2.40. The van der Waals surface area contributed by atoms with Crippen LogP contribution in [-0.4, -0.2) is 5.78 Å². The number of ketones is 1. The summed E-state index contributed by atoms with van der Waals surface area (Å²) in [6, 6.07) is 19.7. The molecule has 1 atom stereocenters. The largest absolute Gasteiger partial charge is 0.294 e. The highest BCUT2D eigenvalue weighted by molar-refractivity contribution is 5.99. The minimum atomic E-state index is -0.689. The van der Waals surface area contributed by atoms with E-state index in [2.05, 4.69) is 6.07 Å². The van der Waals surface area contributed by atoms with Crippen molar-refractivity contribution in [2.75, 3.05) is 0 Å². The summed E-state index contributed by atoms with van der Waals surface area (Å²) in [5.41, 5.74) is 1.82. The lowest BCUT2D eigenvalue weighted by atomic mass is 9.66. The number of carbonyl (C=O) groups excluding carboxylic acids is 1. The van der Waals surface area contributed by atoms with Crippen LogP contribution < -0.4 is 0 Å². The Labute approximate surface area is 112 Å². The number of benzene rings is 2. The monoisotopic (exact) mass is 247 g/mol. The van der Waals surface area contributed by atoms with Gasteiger partial charge in [-0.1, -0.05) is 54.6 Å². The first-order valence-corrected chi connectivity index (χ1v) is 6.37. The van der Waals surface area contributed by atoms with E-state index in [9.17, 15) is 10.1 Å². The van der Waals surface area contributed by atoms with E-state index in [-0.39, 0.29) is 5.78 Å². The van der Waals surface area contributed by atoms with Crippen LogP contribution in [-0.2, 0) is 5.41 Å². The highest BCUT2D eigenvalue weighted by Crippen LogP contribution is 2.41. The molecule has 2 heteroatoms. The molecule has 2 aromatic carbocycles. The maximum absolute atomic E-state index is 12.0. The number of fused-ring (bicyclic) bond motifs is 1. The fourth-order valence-corrected chi connectivity index (χ4v) is 2.87. The number of rotatable bonds is 1. The van der Waals surface area contributed by atoms with E-state index in [1.165, 1.54) is 0 Å². The third-order valence-electron chi connectivity index (χ3n) is 3.87. The van der Waals surface area contributed by atoms with Crippen molar-refractivity contribution in [1.29, 1.82) is 5.26 Å². The molecule has 0 fully saturated rings. The molecule has 19 heavy (non-hydrogen) atoms. The van der Waals surface area contributed by atoms with Crippen molar-refractivity contribution in [2.24, 2.45) is 0 Å². The molecule has 1 aliphatic carbocycles. The number of nitrogens with zero attached hydrogens (tertiary/aromatic N) is 1. The van der Waals surface area contributed by atoms with Gasteiger partial charge in [-0.05, 0) is 17.5 Å². The first-order valence-electron chi connectivity index (χ1n) is 6.37. The second-order valence-corrected chi connectivity index (χ2v) is 4.85. The second kappa shape index (κ2) is 4.37. The van der Waals surface area contributed by atoms with Crippen molar-refractivity contribution in [1.82, 2.24) is 0 Å². The molecule has 0 saturated heterocycles. The molecule has 0 aromatic heterocycles. The van der Waals surface area contributed by atoms with Gasteiger partial charge in [0, 0.05) is 12.0 Å².